The SMILES string of the molecule is C=C1C2CCC(C2)C1(C)CC/C=C(\C)COC(C)=O.CC(=O)OC/C(C)=C/CCC1(C)C2CC3C(C2)C31C. The summed E-state index contributed by atoms with van der Waals surface area (Å²) >= 11 is 0. The summed E-state index contributed by atoms with van der Waals surface area (Å²) in [5.41, 5.74) is 5.40. The lowest BCUT2D eigenvalue weighted by Gasteiger charge is -2.36. The molecule has 212 valence electrons. The first-order chi connectivity index (χ1) is 17.8. The Morgan fingerprint density at radius 2 is 1.34 bits per heavy atom. The van der Waals surface area contributed by atoms with E-state index in [0.29, 0.717) is 29.5 Å². The molecule has 6 aliphatic carbocycles. The summed E-state index contributed by atoms with van der Waals surface area (Å²) in [6, 6.07) is 0. The van der Waals surface area contributed by atoms with Gasteiger partial charge in [-0.1, -0.05) is 45.1 Å². The number of hydrogen-bond acceptors (Lipinski definition) is 4. The highest BCUT2D eigenvalue weighted by molar-refractivity contribution is 5.66. The molecule has 0 aromatic carbocycles. The second-order valence-corrected chi connectivity index (χ2v) is 14.0. The van der Waals surface area contributed by atoms with Gasteiger partial charge < -0.3 is 9.47 Å². The Bertz CT molecular complexity index is 992. The van der Waals surface area contributed by atoms with Gasteiger partial charge in [0.1, 0.15) is 13.2 Å². The van der Waals surface area contributed by atoms with E-state index in [2.05, 4.69) is 46.4 Å². The van der Waals surface area contributed by atoms with E-state index in [1.807, 2.05) is 6.92 Å². The molecule has 0 spiro atoms. The van der Waals surface area contributed by atoms with Gasteiger partial charge in [0.15, 0.2) is 0 Å². The molecular formula is C34H52O4. The van der Waals surface area contributed by atoms with E-state index in [1.165, 1.54) is 69.9 Å². The van der Waals surface area contributed by atoms with Crippen LogP contribution in [-0.2, 0) is 19.1 Å². The Hall–Kier alpha value is -1.84. The number of fused-ring (bicyclic) bond motifs is 2. The predicted molar refractivity (Wildman–Crippen MR) is 153 cm³/mol. The van der Waals surface area contributed by atoms with Crippen molar-refractivity contribution >= 4 is 11.9 Å². The average molecular weight is 525 g/mol. The Morgan fingerprint density at radius 1 is 0.816 bits per heavy atom. The highest BCUT2D eigenvalue weighted by atomic mass is 16.5. The zero-order valence-electron chi connectivity index (χ0n) is 25.2. The molecule has 4 nitrogen and oxygen atoms in total. The minimum atomic E-state index is -0.207. The van der Waals surface area contributed by atoms with Crippen molar-refractivity contribution < 1.29 is 19.1 Å². The Morgan fingerprint density at radius 3 is 1.76 bits per heavy atom. The van der Waals surface area contributed by atoms with Crippen LogP contribution in [0.15, 0.2) is 35.5 Å². The van der Waals surface area contributed by atoms with Gasteiger partial charge in [0, 0.05) is 13.8 Å². The minimum Gasteiger partial charge on any atom is -0.461 e. The predicted octanol–water partition coefficient (Wildman–Crippen LogP) is 8.23. The molecule has 0 aromatic heterocycles. The molecule has 6 bridgehead atoms. The zero-order valence-corrected chi connectivity index (χ0v) is 25.2. The average Bonchev–Trinajstić information content (AvgIpc) is 3.43. The van der Waals surface area contributed by atoms with Gasteiger partial charge in [-0.05, 0) is 129 Å². The number of esters is 2. The van der Waals surface area contributed by atoms with Crippen LogP contribution in [-0.4, -0.2) is 25.2 Å². The summed E-state index contributed by atoms with van der Waals surface area (Å²) in [6.07, 6.45) is 16.3. The molecule has 0 heterocycles. The first-order valence-electron chi connectivity index (χ1n) is 15.1. The maximum Gasteiger partial charge on any atom is 0.302 e. The number of carbonyl (C=O) groups is 2. The van der Waals surface area contributed by atoms with Crippen molar-refractivity contribution in [3.63, 3.8) is 0 Å². The molecule has 38 heavy (non-hydrogen) atoms. The van der Waals surface area contributed by atoms with Gasteiger partial charge in [0.05, 0.1) is 0 Å². The van der Waals surface area contributed by atoms with Crippen molar-refractivity contribution in [1.29, 1.82) is 0 Å². The normalized spacial score (nSPS) is 40.2. The van der Waals surface area contributed by atoms with E-state index in [1.54, 1.807) is 0 Å². The molecule has 0 N–H and O–H groups in total. The third kappa shape index (κ3) is 5.30. The van der Waals surface area contributed by atoms with Crippen LogP contribution in [0.3, 0.4) is 0 Å². The highest BCUT2D eigenvalue weighted by Gasteiger charge is 2.80. The summed E-state index contributed by atoms with van der Waals surface area (Å²) < 4.78 is 10.0. The molecule has 0 radical (unpaired) electrons. The van der Waals surface area contributed by atoms with Crippen molar-refractivity contribution in [1.82, 2.24) is 0 Å². The summed E-state index contributed by atoms with van der Waals surface area (Å²) in [4.78, 5) is 21.5. The van der Waals surface area contributed by atoms with Gasteiger partial charge in [0.2, 0.25) is 0 Å². The van der Waals surface area contributed by atoms with Crippen LogP contribution in [0.4, 0.5) is 0 Å². The number of allylic oxidation sites excluding steroid dienone is 3. The molecule has 4 heteroatoms. The zero-order chi connectivity index (χ0) is 27.9. The monoisotopic (exact) mass is 524 g/mol. The van der Waals surface area contributed by atoms with E-state index in [4.69, 9.17) is 9.47 Å². The summed E-state index contributed by atoms with van der Waals surface area (Å²) in [5, 5.41) is 0. The van der Waals surface area contributed by atoms with Gasteiger partial charge in [-0.15, -0.1) is 0 Å². The van der Waals surface area contributed by atoms with Crippen LogP contribution in [0.2, 0.25) is 0 Å². The van der Waals surface area contributed by atoms with Gasteiger partial charge in [-0.3, -0.25) is 9.59 Å². The number of rotatable bonds is 10. The summed E-state index contributed by atoms with van der Waals surface area (Å²) in [6.45, 7) is 19.7. The van der Waals surface area contributed by atoms with Gasteiger partial charge in [-0.25, -0.2) is 0 Å². The minimum absolute atomic E-state index is 0.190. The molecule has 6 rings (SSSR count). The molecule has 6 unspecified atom stereocenters. The molecule has 0 amide bonds. The maximum absolute atomic E-state index is 10.8. The first kappa shape index (κ1) is 29.2. The van der Waals surface area contributed by atoms with E-state index in [9.17, 15) is 9.59 Å². The van der Waals surface area contributed by atoms with Crippen molar-refractivity contribution in [3.05, 3.63) is 35.5 Å². The second-order valence-electron chi connectivity index (χ2n) is 14.0. The second kappa shape index (κ2) is 11.0. The molecule has 6 atom stereocenters. The van der Waals surface area contributed by atoms with Crippen molar-refractivity contribution in [2.45, 2.75) is 106 Å². The van der Waals surface area contributed by atoms with Gasteiger partial charge >= 0.3 is 11.9 Å². The molecule has 0 saturated heterocycles. The highest BCUT2D eigenvalue weighted by Crippen LogP contribution is 2.87. The lowest BCUT2D eigenvalue weighted by Crippen LogP contribution is -2.26. The largest absolute Gasteiger partial charge is 0.461 e. The third-order valence-electron chi connectivity index (χ3n) is 12.0. The van der Waals surface area contributed by atoms with Crippen LogP contribution in [0.25, 0.3) is 0 Å². The van der Waals surface area contributed by atoms with Crippen LogP contribution < -0.4 is 0 Å². The Labute approximate surface area is 231 Å². The van der Waals surface area contributed by atoms with E-state index >= 15 is 0 Å². The van der Waals surface area contributed by atoms with E-state index < -0.39 is 0 Å². The lowest BCUT2D eigenvalue weighted by molar-refractivity contribution is -0.140. The first-order valence-corrected chi connectivity index (χ1v) is 15.1. The van der Waals surface area contributed by atoms with Crippen LogP contribution >= 0.6 is 0 Å². The van der Waals surface area contributed by atoms with E-state index in [-0.39, 0.29) is 11.9 Å². The van der Waals surface area contributed by atoms with Crippen LogP contribution in [0.1, 0.15) is 106 Å². The van der Waals surface area contributed by atoms with E-state index in [0.717, 1.165) is 48.0 Å². The Balaban J connectivity index is 0.000000177. The number of hydrogen-bond donors (Lipinski definition) is 0. The van der Waals surface area contributed by atoms with Crippen molar-refractivity contribution in [2.24, 2.45) is 45.8 Å². The fourth-order valence-electron chi connectivity index (χ4n) is 9.26. The van der Waals surface area contributed by atoms with Crippen LogP contribution in [0, 0.1) is 45.8 Å². The van der Waals surface area contributed by atoms with Gasteiger partial charge in [-0.2, -0.15) is 0 Å². The number of ether oxygens (including phenoxy) is 2. The quantitative estimate of drug-likeness (QED) is 0.213. The summed E-state index contributed by atoms with van der Waals surface area (Å²) in [7, 11) is 0. The standard InChI is InChI=1S/2C17H26O2/c1-11(10-19-12(2)18)6-5-7-16(3)13-8-14-15(9-13)17(14,16)4;1-12(11-19-14(3)18)6-5-9-17(4)13(2)15-7-8-16(17)10-15/h6,13-15H,5,7-10H2,1-4H3;6,15-16H,2,5,7-11H2,1,3-4H3/b11-6+;12-6+. The molecule has 6 saturated carbocycles. The Kier molecular flexibility index (Phi) is 8.41. The molecular weight excluding hydrogens is 472 g/mol. The summed E-state index contributed by atoms with van der Waals surface area (Å²) in [5.74, 6) is 4.33. The maximum atomic E-state index is 10.8. The van der Waals surface area contributed by atoms with Crippen molar-refractivity contribution in [3.8, 4) is 0 Å². The number of carbonyl (C=O) groups excluding carboxylic acids is 2. The van der Waals surface area contributed by atoms with Crippen molar-refractivity contribution in [2.75, 3.05) is 13.2 Å². The topological polar surface area (TPSA) is 52.6 Å². The molecule has 6 aliphatic rings. The smallest absolute Gasteiger partial charge is 0.302 e. The fraction of sp³-hybridized carbons (Fsp3) is 0.765. The third-order valence-corrected chi connectivity index (χ3v) is 12.0. The van der Waals surface area contributed by atoms with Gasteiger partial charge in [0.25, 0.3) is 0 Å². The molecule has 6 fully saturated rings. The molecule has 0 aromatic rings. The fourth-order valence-corrected chi connectivity index (χ4v) is 9.26. The lowest BCUT2D eigenvalue weighted by atomic mass is 9.69. The van der Waals surface area contributed by atoms with Crippen LogP contribution in [0.5, 0.6) is 0 Å². The molecule has 0 aliphatic heterocycles.